The van der Waals surface area contributed by atoms with E-state index in [1.807, 2.05) is 41.8 Å². The summed E-state index contributed by atoms with van der Waals surface area (Å²) < 4.78 is 5.39. The van der Waals surface area contributed by atoms with Crippen molar-refractivity contribution in [2.75, 3.05) is 11.4 Å². The number of hydrogen-bond donors (Lipinski definition) is 1. The van der Waals surface area contributed by atoms with Crippen LogP contribution in [0, 0.1) is 5.92 Å². The molecule has 3 heterocycles. The van der Waals surface area contributed by atoms with Crippen LogP contribution in [0.1, 0.15) is 38.5 Å². The Hall–Kier alpha value is -3.00. The van der Waals surface area contributed by atoms with Crippen molar-refractivity contribution in [2.24, 2.45) is 5.92 Å². The van der Waals surface area contributed by atoms with Crippen molar-refractivity contribution in [3.63, 3.8) is 0 Å². The van der Waals surface area contributed by atoms with Gasteiger partial charge in [-0.1, -0.05) is 42.6 Å². The van der Waals surface area contributed by atoms with Crippen molar-refractivity contribution in [1.29, 1.82) is 0 Å². The first-order valence-corrected chi connectivity index (χ1v) is 11.6. The summed E-state index contributed by atoms with van der Waals surface area (Å²) in [6.45, 7) is 0.396. The zero-order valence-electron chi connectivity index (χ0n) is 17.1. The number of nitrogens with zero attached hydrogens (tertiary/aromatic N) is 3. The quantitative estimate of drug-likeness (QED) is 0.645. The normalized spacial score (nSPS) is 19.7. The largest absolute Gasteiger partial charge is 0.353 e. The molecule has 1 saturated carbocycles. The van der Waals surface area contributed by atoms with Gasteiger partial charge in [0.2, 0.25) is 17.6 Å². The fourth-order valence-electron chi connectivity index (χ4n) is 4.35. The second-order valence-electron chi connectivity index (χ2n) is 8.20. The van der Waals surface area contributed by atoms with Crippen molar-refractivity contribution in [3.8, 4) is 22.2 Å². The molecule has 1 aliphatic carbocycles. The number of benzene rings is 1. The monoisotopic (exact) mass is 436 g/mol. The van der Waals surface area contributed by atoms with Gasteiger partial charge in [-0.3, -0.25) is 9.59 Å². The molecule has 5 rings (SSSR count). The minimum absolute atomic E-state index is 0.00216. The summed E-state index contributed by atoms with van der Waals surface area (Å²) in [6.07, 6.45) is 5.89. The van der Waals surface area contributed by atoms with Crippen molar-refractivity contribution >= 4 is 28.8 Å². The Labute approximate surface area is 184 Å². The third kappa shape index (κ3) is 4.25. The number of nitrogens with one attached hydrogen (secondary N) is 1. The van der Waals surface area contributed by atoms with E-state index in [1.165, 1.54) is 17.8 Å². The third-order valence-electron chi connectivity index (χ3n) is 6.02. The predicted molar refractivity (Wildman–Crippen MR) is 119 cm³/mol. The number of aromatic nitrogens is 2. The summed E-state index contributed by atoms with van der Waals surface area (Å²) in [7, 11) is 0. The highest BCUT2D eigenvalue weighted by Gasteiger charge is 2.36. The Bertz CT molecular complexity index is 1070. The first kappa shape index (κ1) is 19.9. The van der Waals surface area contributed by atoms with Crippen LogP contribution in [0.2, 0.25) is 0 Å². The highest BCUT2D eigenvalue weighted by atomic mass is 32.1. The molecule has 3 aromatic rings. The molecule has 31 heavy (non-hydrogen) atoms. The molecule has 7 nitrogen and oxygen atoms in total. The lowest BCUT2D eigenvalue weighted by Crippen LogP contribution is -2.40. The predicted octanol–water partition coefficient (Wildman–Crippen LogP) is 4.27. The minimum Gasteiger partial charge on any atom is -0.353 e. The Morgan fingerprint density at radius 2 is 2.03 bits per heavy atom. The maximum Gasteiger partial charge on any atom is 0.268 e. The highest BCUT2D eigenvalue weighted by Crippen LogP contribution is 2.30. The molecule has 0 spiro atoms. The fourth-order valence-corrected chi connectivity index (χ4v) is 5.00. The zero-order valence-corrected chi connectivity index (χ0v) is 17.9. The van der Waals surface area contributed by atoms with Gasteiger partial charge in [0, 0.05) is 30.3 Å². The molecular weight excluding hydrogens is 412 g/mol. The number of rotatable bonds is 5. The molecule has 2 aliphatic rings. The van der Waals surface area contributed by atoms with Crippen LogP contribution in [0.3, 0.4) is 0 Å². The van der Waals surface area contributed by atoms with Gasteiger partial charge in [-0.2, -0.15) is 4.98 Å². The molecule has 0 bridgehead atoms. The van der Waals surface area contributed by atoms with Crippen molar-refractivity contribution in [2.45, 2.75) is 44.6 Å². The van der Waals surface area contributed by atoms with Gasteiger partial charge in [-0.15, -0.1) is 11.3 Å². The standard InChI is InChI=1S/C23H24N4O3S/c28-20-13-16(22(29)24-17-7-2-1-3-8-17)14-27(20)18-9-4-6-15(12-18)21-25-23(30-26-21)19-10-5-11-31-19/h4-6,9-12,16-17H,1-3,7-8,13-14H2,(H,24,29). The van der Waals surface area contributed by atoms with Crippen LogP contribution in [-0.4, -0.2) is 34.5 Å². The Morgan fingerprint density at radius 1 is 1.16 bits per heavy atom. The number of amides is 2. The molecule has 2 aromatic heterocycles. The van der Waals surface area contributed by atoms with Crippen LogP contribution in [0.25, 0.3) is 22.2 Å². The van der Waals surface area contributed by atoms with Gasteiger partial charge in [0.25, 0.3) is 5.89 Å². The Balaban J connectivity index is 1.29. The van der Waals surface area contributed by atoms with Crippen molar-refractivity contribution < 1.29 is 14.1 Å². The minimum atomic E-state index is -0.311. The number of carbonyl (C=O) groups is 2. The lowest BCUT2D eigenvalue weighted by molar-refractivity contribution is -0.127. The second kappa shape index (κ2) is 8.63. The average Bonchev–Trinajstić information content (AvgIpc) is 3.55. The molecule has 1 atom stereocenters. The molecule has 1 unspecified atom stereocenters. The van der Waals surface area contributed by atoms with Crippen LogP contribution in [0.5, 0.6) is 0 Å². The maximum absolute atomic E-state index is 12.7. The van der Waals surface area contributed by atoms with Gasteiger partial charge < -0.3 is 14.7 Å². The van der Waals surface area contributed by atoms with Gasteiger partial charge in [0.05, 0.1) is 10.8 Å². The fraction of sp³-hybridized carbons (Fsp3) is 0.391. The van der Waals surface area contributed by atoms with Crippen LogP contribution < -0.4 is 10.2 Å². The molecule has 160 valence electrons. The average molecular weight is 437 g/mol. The summed E-state index contributed by atoms with van der Waals surface area (Å²) in [5, 5.41) is 9.21. The molecule has 2 fully saturated rings. The van der Waals surface area contributed by atoms with Crippen LogP contribution in [-0.2, 0) is 9.59 Å². The lowest BCUT2D eigenvalue weighted by atomic mass is 9.95. The SMILES string of the molecule is O=C(NC1CCCCC1)C1CC(=O)N(c2cccc(-c3noc(-c4cccs4)n3)c2)C1. The van der Waals surface area contributed by atoms with E-state index in [-0.39, 0.29) is 30.2 Å². The van der Waals surface area contributed by atoms with Gasteiger partial charge in [0.15, 0.2) is 0 Å². The van der Waals surface area contributed by atoms with Gasteiger partial charge in [-0.25, -0.2) is 0 Å². The van der Waals surface area contributed by atoms with E-state index >= 15 is 0 Å². The molecule has 8 heteroatoms. The maximum atomic E-state index is 12.7. The van der Waals surface area contributed by atoms with E-state index in [2.05, 4.69) is 15.5 Å². The molecule has 1 aromatic carbocycles. The number of thiophene rings is 1. The van der Waals surface area contributed by atoms with E-state index in [9.17, 15) is 9.59 Å². The van der Waals surface area contributed by atoms with Crippen LogP contribution in [0.15, 0.2) is 46.3 Å². The molecular formula is C23H24N4O3S. The van der Waals surface area contributed by atoms with E-state index in [1.54, 1.807) is 4.90 Å². The van der Waals surface area contributed by atoms with Crippen LogP contribution in [0.4, 0.5) is 5.69 Å². The summed E-state index contributed by atoms with van der Waals surface area (Å²) in [5.74, 6) is 0.607. The molecule has 2 amide bonds. The molecule has 1 N–H and O–H groups in total. The van der Waals surface area contributed by atoms with Gasteiger partial charge in [-0.05, 0) is 36.4 Å². The summed E-state index contributed by atoms with van der Waals surface area (Å²) >= 11 is 1.54. The van der Waals surface area contributed by atoms with E-state index in [0.717, 1.165) is 41.8 Å². The summed E-state index contributed by atoms with van der Waals surface area (Å²) in [5.41, 5.74) is 1.52. The smallest absolute Gasteiger partial charge is 0.268 e. The lowest BCUT2D eigenvalue weighted by Gasteiger charge is -2.24. The first-order valence-electron chi connectivity index (χ1n) is 10.8. The number of hydrogen-bond acceptors (Lipinski definition) is 6. The molecule has 0 radical (unpaired) electrons. The third-order valence-corrected chi connectivity index (χ3v) is 6.88. The molecule has 1 saturated heterocycles. The van der Waals surface area contributed by atoms with Gasteiger partial charge >= 0.3 is 0 Å². The van der Waals surface area contributed by atoms with Crippen molar-refractivity contribution in [3.05, 3.63) is 41.8 Å². The zero-order chi connectivity index (χ0) is 21.2. The topological polar surface area (TPSA) is 88.3 Å². The number of anilines is 1. The summed E-state index contributed by atoms with van der Waals surface area (Å²) in [6, 6.07) is 11.6. The van der Waals surface area contributed by atoms with E-state index in [0.29, 0.717) is 18.3 Å². The van der Waals surface area contributed by atoms with E-state index < -0.39 is 0 Å². The van der Waals surface area contributed by atoms with Crippen molar-refractivity contribution in [1.82, 2.24) is 15.5 Å². The Morgan fingerprint density at radius 3 is 2.84 bits per heavy atom. The Kier molecular flexibility index (Phi) is 5.55. The highest BCUT2D eigenvalue weighted by molar-refractivity contribution is 7.13. The van der Waals surface area contributed by atoms with E-state index in [4.69, 9.17) is 4.52 Å². The first-order chi connectivity index (χ1) is 15.2. The summed E-state index contributed by atoms with van der Waals surface area (Å²) in [4.78, 5) is 32.5. The second-order valence-corrected chi connectivity index (χ2v) is 9.15. The molecule has 1 aliphatic heterocycles. The van der Waals surface area contributed by atoms with Crippen LogP contribution >= 0.6 is 11.3 Å². The number of carbonyl (C=O) groups excluding carboxylic acids is 2. The van der Waals surface area contributed by atoms with Gasteiger partial charge in [0.1, 0.15) is 0 Å².